The van der Waals surface area contributed by atoms with Crippen LogP contribution in [0.4, 0.5) is 0 Å². The number of hydrogen-bond acceptors (Lipinski definition) is 3. The van der Waals surface area contributed by atoms with Gasteiger partial charge in [0.15, 0.2) is 5.82 Å². The summed E-state index contributed by atoms with van der Waals surface area (Å²) in [5.41, 5.74) is 1.83. The minimum Gasteiger partial charge on any atom is -0.374 e. The first-order valence-electron chi connectivity index (χ1n) is 4.09. The van der Waals surface area contributed by atoms with Gasteiger partial charge in [-0.2, -0.15) is 0 Å². The Hall–Kier alpha value is -0.670. The Bertz CT molecular complexity index is 291. The summed E-state index contributed by atoms with van der Waals surface area (Å²) in [6.45, 7) is 5.70. The van der Waals surface area contributed by atoms with Crippen LogP contribution in [0.25, 0.3) is 0 Å². The van der Waals surface area contributed by atoms with E-state index in [1.165, 1.54) is 0 Å². The highest BCUT2D eigenvalue weighted by Crippen LogP contribution is 2.18. The number of ether oxygens (including phenoxy) is 1. The Morgan fingerprint density at radius 2 is 1.92 bits per heavy atom. The minimum absolute atomic E-state index is 0.114. The Kier molecular flexibility index (Phi) is 3.22. The second-order valence-corrected chi connectivity index (χ2v) is 3.32. The van der Waals surface area contributed by atoms with Crippen molar-refractivity contribution in [1.82, 2.24) is 9.97 Å². The van der Waals surface area contributed by atoms with Crippen LogP contribution in [0.5, 0.6) is 0 Å². The molecule has 0 saturated carbocycles. The van der Waals surface area contributed by atoms with E-state index in [2.05, 4.69) is 9.97 Å². The third-order valence-electron chi connectivity index (χ3n) is 2.06. The zero-order valence-corrected chi connectivity index (χ0v) is 9.01. The van der Waals surface area contributed by atoms with E-state index in [4.69, 9.17) is 16.3 Å². The third kappa shape index (κ3) is 2.17. The van der Waals surface area contributed by atoms with Crippen molar-refractivity contribution < 1.29 is 4.74 Å². The highest BCUT2D eigenvalue weighted by Gasteiger charge is 2.11. The normalized spacial score (nSPS) is 13.0. The summed E-state index contributed by atoms with van der Waals surface area (Å²) in [6, 6.07) is 0. The summed E-state index contributed by atoms with van der Waals surface area (Å²) < 4.78 is 5.10. The molecule has 0 N–H and O–H groups in total. The molecular formula is C9H13ClN2O. The molecule has 0 fully saturated rings. The van der Waals surface area contributed by atoms with E-state index in [0.717, 1.165) is 11.3 Å². The predicted octanol–water partition coefficient (Wildman–Crippen LogP) is 2.45. The summed E-state index contributed by atoms with van der Waals surface area (Å²) in [5.74, 6) is 0.635. The number of nitrogens with zero attached hydrogens (tertiary/aromatic N) is 2. The maximum atomic E-state index is 5.91. The van der Waals surface area contributed by atoms with Crippen molar-refractivity contribution in [3.8, 4) is 0 Å². The third-order valence-corrected chi connectivity index (χ3v) is 2.43. The average molecular weight is 201 g/mol. The fraction of sp³-hybridized carbons (Fsp3) is 0.556. The number of rotatable bonds is 2. The monoisotopic (exact) mass is 200 g/mol. The van der Waals surface area contributed by atoms with Gasteiger partial charge >= 0.3 is 0 Å². The molecule has 0 radical (unpaired) electrons. The van der Waals surface area contributed by atoms with Gasteiger partial charge in [-0.05, 0) is 20.8 Å². The van der Waals surface area contributed by atoms with Crippen LogP contribution in [0.2, 0.25) is 5.15 Å². The van der Waals surface area contributed by atoms with E-state index in [-0.39, 0.29) is 6.10 Å². The summed E-state index contributed by atoms with van der Waals surface area (Å²) >= 11 is 5.91. The molecule has 1 heterocycles. The van der Waals surface area contributed by atoms with E-state index in [0.29, 0.717) is 11.0 Å². The largest absolute Gasteiger partial charge is 0.374 e. The molecule has 13 heavy (non-hydrogen) atoms. The molecule has 1 aromatic rings. The van der Waals surface area contributed by atoms with Gasteiger partial charge in [0.1, 0.15) is 11.3 Å². The van der Waals surface area contributed by atoms with Crippen LogP contribution in [0.3, 0.4) is 0 Å². The van der Waals surface area contributed by atoms with Gasteiger partial charge in [0, 0.05) is 18.4 Å². The first-order valence-corrected chi connectivity index (χ1v) is 4.47. The molecule has 3 nitrogen and oxygen atoms in total. The molecule has 1 unspecified atom stereocenters. The van der Waals surface area contributed by atoms with Crippen LogP contribution in [0.15, 0.2) is 0 Å². The van der Waals surface area contributed by atoms with Crippen molar-refractivity contribution >= 4 is 11.6 Å². The van der Waals surface area contributed by atoms with Gasteiger partial charge in [-0.3, -0.25) is 0 Å². The summed E-state index contributed by atoms with van der Waals surface area (Å²) in [4.78, 5) is 8.42. The SMILES string of the molecule is COC(C)c1nc(C)c(C)c(Cl)n1. The number of hydrogen-bond donors (Lipinski definition) is 0. The second kappa shape index (κ2) is 4.03. The smallest absolute Gasteiger partial charge is 0.158 e. The molecule has 1 aromatic heterocycles. The summed E-state index contributed by atoms with van der Waals surface area (Å²) in [6.07, 6.45) is -0.114. The first-order chi connectivity index (χ1) is 6.06. The predicted molar refractivity (Wildman–Crippen MR) is 51.9 cm³/mol. The number of methoxy groups -OCH3 is 1. The molecule has 0 amide bonds. The van der Waals surface area contributed by atoms with Gasteiger partial charge < -0.3 is 4.74 Å². The maximum absolute atomic E-state index is 5.91. The zero-order chi connectivity index (χ0) is 10.0. The molecule has 0 spiro atoms. The van der Waals surface area contributed by atoms with Gasteiger partial charge in [-0.15, -0.1) is 0 Å². The van der Waals surface area contributed by atoms with Crippen molar-refractivity contribution in [1.29, 1.82) is 0 Å². The van der Waals surface area contributed by atoms with Gasteiger partial charge in [0.05, 0.1) is 0 Å². The van der Waals surface area contributed by atoms with Gasteiger partial charge in [0.2, 0.25) is 0 Å². The molecule has 1 atom stereocenters. The van der Waals surface area contributed by atoms with E-state index >= 15 is 0 Å². The van der Waals surface area contributed by atoms with Crippen molar-refractivity contribution in [2.75, 3.05) is 7.11 Å². The van der Waals surface area contributed by atoms with E-state index < -0.39 is 0 Å². The highest BCUT2D eigenvalue weighted by molar-refractivity contribution is 6.30. The first kappa shape index (κ1) is 10.4. The zero-order valence-electron chi connectivity index (χ0n) is 8.26. The summed E-state index contributed by atoms with van der Waals surface area (Å²) in [7, 11) is 1.62. The Balaban J connectivity index is 3.13. The fourth-order valence-electron chi connectivity index (χ4n) is 0.902. The van der Waals surface area contributed by atoms with Gasteiger partial charge in [-0.1, -0.05) is 11.6 Å². The number of halogens is 1. The van der Waals surface area contributed by atoms with Crippen LogP contribution < -0.4 is 0 Å². The molecule has 0 saturated heterocycles. The van der Waals surface area contributed by atoms with Crippen molar-refractivity contribution in [3.05, 3.63) is 22.2 Å². The van der Waals surface area contributed by atoms with Crippen molar-refractivity contribution in [2.24, 2.45) is 0 Å². The molecule has 1 rings (SSSR count). The fourth-order valence-corrected chi connectivity index (χ4v) is 1.12. The number of aryl methyl sites for hydroxylation is 1. The Labute approximate surface area is 83.1 Å². The maximum Gasteiger partial charge on any atom is 0.158 e. The molecule has 72 valence electrons. The summed E-state index contributed by atoms with van der Waals surface area (Å²) in [5, 5.41) is 0.506. The van der Waals surface area contributed by atoms with Crippen molar-refractivity contribution in [3.63, 3.8) is 0 Å². The van der Waals surface area contributed by atoms with Crippen molar-refractivity contribution in [2.45, 2.75) is 26.9 Å². The minimum atomic E-state index is -0.114. The van der Waals surface area contributed by atoms with Crippen LogP contribution in [-0.2, 0) is 4.74 Å². The van der Waals surface area contributed by atoms with Crippen LogP contribution in [-0.4, -0.2) is 17.1 Å². The Morgan fingerprint density at radius 1 is 1.31 bits per heavy atom. The molecule has 4 heteroatoms. The molecular weight excluding hydrogens is 188 g/mol. The van der Waals surface area contributed by atoms with E-state index in [1.54, 1.807) is 7.11 Å². The lowest BCUT2D eigenvalue weighted by Gasteiger charge is -2.10. The highest BCUT2D eigenvalue weighted by atomic mass is 35.5. The van der Waals surface area contributed by atoms with Crippen LogP contribution >= 0.6 is 11.6 Å². The molecule has 0 aliphatic rings. The lowest BCUT2D eigenvalue weighted by Crippen LogP contribution is -2.05. The van der Waals surface area contributed by atoms with Crippen LogP contribution in [0.1, 0.15) is 30.1 Å². The molecule has 0 aliphatic heterocycles. The Morgan fingerprint density at radius 3 is 2.38 bits per heavy atom. The quantitative estimate of drug-likeness (QED) is 0.688. The van der Waals surface area contributed by atoms with E-state index in [9.17, 15) is 0 Å². The topological polar surface area (TPSA) is 35.0 Å². The van der Waals surface area contributed by atoms with Crippen LogP contribution in [0, 0.1) is 13.8 Å². The van der Waals surface area contributed by atoms with Gasteiger partial charge in [-0.25, -0.2) is 9.97 Å². The van der Waals surface area contributed by atoms with Gasteiger partial charge in [0.25, 0.3) is 0 Å². The molecule has 0 aromatic carbocycles. The molecule has 0 bridgehead atoms. The number of aromatic nitrogens is 2. The standard InChI is InChI=1S/C9H13ClN2O/c1-5-6(2)11-9(7(3)13-4)12-8(5)10/h7H,1-4H3. The lowest BCUT2D eigenvalue weighted by molar-refractivity contribution is 0.112. The second-order valence-electron chi connectivity index (χ2n) is 2.96. The lowest BCUT2D eigenvalue weighted by atomic mass is 10.2. The molecule has 0 aliphatic carbocycles. The average Bonchev–Trinajstić information content (AvgIpc) is 2.12. The van der Waals surface area contributed by atoms with E-state index in [1.807, 2.05) is 20.8 Å².